The fraction of sp³-hybridized carbons (Fsp3) is 0.357. The summed E-state index contributed by atoms with van der Waals surface area (Å²) in [6.45, 7) is 5.85. The van der Waals surface area contributed by atoms with E-state index in [2.05, 4.69) is 16.2 Å². The van der Waals surface area contributed by atoms with Crippen molar-refractivity contribution < 1.29 is 13.9 Å². The van der Waals surface area contributed by atoms with E-state index in [9.17, 15) is 9.18 Å². The number of methoxy groups -OCH3 is 1. The number of hydrogen-bond donors (Lipinski definition) is 0. The van der Waals surface area contributed by atoms with Crippen LogP contribution in [-0.2, 0) is 17.7 Å². The Balaban J connectivity index is 2.31. The van der Waals surface area contributed by atoms with Crippen LogP contribution >= 0.6 is 0 Å². The third kappa shape index (κ3) is 2.43. The number of ether oxygens (including phenoxy) is 1. The highest BCUT2D eigenvalue weighted by molar-refractivity contribution is 5.89. The van der Waals surface area contributed by atoms with Crippen LogP contribution in [0.25, 0.3) is 0 Å². The maximum absolute atomic E-state index is 14.0. The third-order valence-electron chi connectivity index (χ3n) is 3.18. The molecular formula is C14H16FNO2. The molecule has 1 aromatic rings. The van der Waals surface area contributed by atoms with E-state index < -0.39 is 5.97 Å². The van der Waals surface area contributed by atoms with Crippen molar-refractivity contribution in [1.82, 2.24) is 4.90 Å². The summed E-state index contributed by atoms with van der Waals surface area (Å²) in [5.41, 5.74) is 1.86. The Bertz CT molecular complexity index is 485. The predicted octanol–water partition coefficient (Wildman–Crippen LogP) is 2.16. The first-order valence-corrected chi connectivity index (χ1v) is 5.88. The Morgan fingerprint density at radius 3 is 3.06 bits per heavy atom. The standard InChI is InChI=1S/C14H16FNO2/c1-3-5-16-6-4-10-7-11(14(17)18-2)8-13(15)12(10)9-16/h3,7-8H,1,4-6,9H2,2H3. The predicted molar refractivity (Wildman–Crippen MR) is 66.9 cm³/mol. The highest BCUT2D eigenvalue weighted by atomic mass is 19.1. The second-order valence-corrected chi connectivity index (χ2v) is 4.36. The minimum Gasteiger partial charge on any atom is -0.465 e. The van der Waals surface area contributed by atoms with Gasteiger partial charge in [0.05, 0.1) is 12.7 Å². The van der Waals surface area contributed by atoms with Crippen LogP contribution in [-0.4, -0.2) is 31.1 Å². The molecule has 0 spiro atoms. The number of carbonyl (C=O) groups excluding carboxylic acids is 1. The third-order valence-corrected chi connectivity index (χ3v) is 3.18. The second kappa shape index (κ2) is 5.31. The Kier molecular flexibility index (Phi) is 3.77. The van der Waals surface area contributed by atoms with Crippen molar-refractivity contribution in [1.29, 1.82) is 0 Å². The molecule has 4 heteroatoms. The molecule has 0 unspecified atom stereocenters. The van der Waals surface area contributed by atoms with Crippen LogP contribution in [0.2, 0.25) is 0 Å². The molecule has 1 aliphatic rings. The van der Waals surface area contributed by atoms with Crippen molar-refractivity contribution in [2.24, 2.45) is 0 Å². The molecule has 0 aliphatic carbocycles. The van der Waals surface area contributed by atoms with E-state index >= 15 is 0 Å². The van der Waals surface area contributed by atoms with Crippen LogP contribution in [0.1, 0.15) is 21.5 Å². The lowest BCUT2D eigenvalue weighted by Crippen LogP contribution is -2.31. The zero-order chi connectivity index (χ0) is 13.1. The Morgan fingerprint density at radius 1 is 1.61 bits per heavy atom. The topological polar surface area (TPSA) is 29.5 Å². The Morgan fingerprint density at radius 2 is 2.39 bits per heavy atom. The fourth-order valence-corrected chi connectivity index (χ4v) is 2.25. The van der Waals surface area contributed by atoms with Crippen molar-refractivity contribution >= 4 is 5.97 Å². The minimum absolute atomic E-state index is 0.283. The Labute approximate surface area is 106 Å². The van der Waals surface area contributed by atoms with Crippen molar-refractivity contribution in [3.63, 3.8) is 0 Å². The zero-order valence-electron chi connectivity index (χ0n) is 10.4. The molecule has 3 nitrogen and oxygen atoms in total. The lowest BCUT2D eigenvalue weighted by Gasteiger charge is -2.28. The van der Waals surface area contributed by atoms with Crippen LogP contribution in [0.3, 0.4) is 0 Å². The summed E-state index contributed by atoms with van der Waals surface area (Å²) < 4.78 is 18.6. The first-order valence-electron chi connectivity index (χ1n) is 5.88. The van der Waals surface area contributed by atoms with Crippen molar-refractivity contribution in [2.45, 2.75) is 13.0 Å². The molecule has 0 atom stereocenters. The first kappa shape index (κ1) is 12.8. The van der Waals surface area contributed by atoms with Gasteiger partial charge in [-0.1, -0.05) is 6.08 Å². The molecule has 0 bridgehead atoms. The summed E-state index contributed by atoms with van der Waals surface area (Å²) in [6.07, 6.45) is 2.55. The van der Waals surface area contributed by atoms with Crippen LogP contribution in [0.4, 0.5) is 4.39 Å². The smallest absolute Gasteiger partial charge is 0.337 e. The number of halogens is 1. The molecule has 0 saturated heterocycles. The summed E-state index contributed by atoms with van der Waals surface area (Å²) in [5, 5.41) is 0. The molecule has 0 aromatic heterocycles. The molecule has 0 saturated carbocycles. The van der Waals surface area contributed by atoms with E-state index in [1.54, 1.807) is 6.07 Å². The number of esters is 1. The van der Waals surface area contributed by atoms with Gasteiger partial charge in [-0.2, -0.15) is 0 Å². The van der Waals surface area contributed by atoms with E-state index in [1.807, 2.05) is 6.08 Å². The highest BCUT2D eigenvalue weighted by Gasteiger charge is 2.21. The lowest BCUT2D eigenvalue weighted by atomic mass is 9.96. The highest BCUT2D eigenvalue weighted by Crippen LogP contribution is 2.23. The van der Waals surface area contributed by atoms with Crippen LogP contribution in [0, 0.1) is 5.82 Å². The van der Waals surface area contributed by atoms with Crippen LogP contribution in [0.5, 0.6) is 0 Å². The molecule has 1 heterocycles. The van der Waals surface area contributed by atoms with Crippen molar-refractivity contribution in [3.05, 3.63) is 47.3 Å². The monoisotopic (exact) mass is 249 g/mol. The molecule has 2 rings (SSSR count). The number of nitrogens with zero attached hydrogens (tertiary/aromatic N) is 1. The molecule has 0 radical (unpaired) electrons. The number of benzene rings is 1. The summed E-state index contributed by atoms with van der Waals surface area (Å²) in [4.78, 5) is 13.5. The van der Waals surface area contributed by atoms with Gasteiger partial charge in [0.15, 0.2) is 0 Å². The van der Waals surface area contributed by atoms with Gasteiger partial charge >= 0.3 is 5.97 Å². The normalized spacial score (nSPS) is 15.0. The fourth-order valence-electron chi connectivity index (χ4n) is 2.25. The molecule has 96 valence electrons. The molecule has 18 heavy (non-hydrogen) atoms. The summed E-state index contributed by atoms with van der Waals surface area (Å²) in [7, 11) is 1.30. The molecule has 0 fully saturated rings. The van der Waals surface area contributed by atoms with Gasteiger partial charge in [-0.15, -0.1) is 6.58 Å². The van der Waals surface area contributed by atoms with Gasteiger partial charge in [-0.3, -0.25) is 4.90 Å². The maximum Gasteiger partial charge on any atom is 0.337 e. The molecule has 1 aromatic carbocycles. The molecule has 0 amide bonds. The molecular weight excluding hydrogens is 233 g/mol. The van der Waals surface area contributed by atoms with Crippen molar-refractivity contribution in [2.75, 3.05) is 20.2 Å². The van der Waals surface area contributed by atoms with E-state index in [4.69, 9.17) is 0 Å². The van der Waals surface area contributed by atoms with Crippen molar-refractivity contribution in [3.8, 4) is 0 Å². The van der Waals surface area contributed by atoms with Gasteiger partial charge in [0, 0.05) is 25.2 Å². The molecule has 1 aliphatic heterocycles. The number of carbonyl (C=O) groups is 1. The summed E-state index contributed by atoms with van der Waals surface area (Å²) in [6, 6.07) is 2.98. The van der Waals surface area contributed by atoms with E-state index in [0.717, 1.165) is 25.1 Å². The number of fused-ring (bicyclic) bond motifs is 1. The maximum atomic E-state index is 14.0. The van der Waals surface area contributed by atoms with E-state index in [1.165, 1.54) is 13.2 Å². The van der Waals surface area contributed by atoms with Gasteiger partial charge in [-0.05, 0) is 24.1 Å². The first-order chi connectivity index (χ1) is 8.65. The van der Waals surface area contributed by atoms with Gasteiger partial charge in [0.1, 0.15) is 5.82 Å². The Hall–Kier alpha value is -1.68. The number of hydrogen-bond acceptors (Lipinski definition) is 3. The average molecular weight is 249 g/mol. The minimum atomic E-state index is -0.495. The summed E-state index contributed by atoms with van der Waals surface area (Å²) >= 11 is 0. The van der Waals surface area contributed by atoms with E-state index in [-0.39, 0.29) is 11.4 Å². The number of rotatable bonds is 3. The largest absolute Gasteiger partial charge is 0.465 e. The second-order valence-electron chi connectivity index (χ2n) is 4.36. The van der Waals surface area contributed by atoms with Gasteiger partial charge in [-0.25, -0.2) is 9.18 Å². The SMILES string of the molecule is C=CCN1CCc2cc(C(=O)OC)cc(F)c2C1. The molecule has 0 N–H and O–H groups in total. The average Bonchev–Trinajstić information content (AvgIpc) is 2.38. The quantitative estimate of drug-likeness (QED) is 0.607. The zero-order valence-corrected chi connectivity index (χ0v) is 10.4. The van der Waals surface area contributed by atoms with Gasteiger partial charge in [0.25, 0.3) is 0 Å². The van der Waals surface area contributed by atoms with E-state index in [0.29, 0.717) is 12.1 Å². The van der Waals surface area contributed by atoms with Crippen LogP contribution in [0.15, 0.2) is 24.8 Å². The van der Waals surface area contributed by atoms with Crippen LogP contribution < -0.4 is 0 Å². The van der Waals surface area contributed by atoms with Gasteiger partial charge < -0.3 is 4.74 Å². The summed E-state index contributed by atoms with van der Waals surface area (Å²) in [5.74, 6) is -0.827. The van der Waals surface area contributed by atoms with Gasteiger partial charge in [0.2, 0.25) is 0 Å². The lowest BCUT2D eigenvalue weighted by molar-refractivity contribution is 0.0600.